The van der Waals surface area contributed by atoms with Gasteiger partial charge in [0.2, 0.25) is 0 Å². The lowest BCUT2D eigenvalue weighted by Gasteiger charge is -2.19. The molecule has 7 heteroatoms. The molecule has 2 aromatic heterocycles. The minimum atomic E-state index is -0.590. The van der Waals surface area contributed by atoms with Gasteiger partial charge in [0.15, 0.2) is 5.82 Å². The van der Waals surface area contributed by atoms with E-state index in [0.29, 0.717) is 15.5 Å². The van der Waals surface area contributed by atoms with Crippen LogP contribution in [0.2, 0.25) is 0 Å². The smallest absolute Gasteiger partial charge is 0.435 e. The first-order chi connectivity index (χ1) is 8.28. The quantitative estimate of drug-likeness (QED) is 0.756. The molecule has 0 radical (unpaired) electrons. The number of hydrogen-bond acceptors (Lipinski definition) is 5. The van der Waals surface area contributed by atoms with E-state index in [4.69, 9.17) is 10.5 Å². The summed E-state index contributed by atoms with van der Waals surface area (Å²) in [5.74, 6) is 0.263. The van der Waals surface area contributed by atoms with Crippen LogP contribution in [-0.4, -0.2) is 26.5 Å². The van der Waals surface area contributed by atoms with Crippen LogP contribution in [0.4, 0.5) is 10.6 Å². The van der Waals surface area contributed by atoms with Gasteiger partial charge in [-0.25, -0.2) is 9.78 Å². The van der Waals surface area contributed by atoms with Crippen LogP contribution >= 0.6 is 15.9 Å². The van der Waals surface area contributed by atoms with Crippen LogP contribution < -0.4 is 5.73 Å². The van der Waals surface area contributed by atoms with Gasteiger partial charge in [0.05, 0.1) is 6.20 Å². The van der Waals surface area contributed by atoms with Gasteiger partial charge in [0.25, 0.3) is 0 Å². The van der Waals surface area contributed by atoms with E-state index in [0.717, 1.165) is 4.68 Å². The van der Waals surface area contributed by atoms with Crippen LogP contribution in [0.25, 0.3) is 10.9 Å². The highest BCUT2D eigenvalue weighted by Gasteiger charge is 2.21. The zero-order chi connectivity index (χ0) is 13.5. The van der Waals surface area contributed by atoms with Crippen molar-refractivity contribution in [2.24, 2.45) is 0 Å². The van der Waals surface area contributed by atoms with Crippen LogP contribution in [0.5, 0.6) is 0 Å². The Morgan fingerprint density at radius 1 is 1.50 bits per heavy atom. The third-order valence-corrected chi connectivity index (χ3v) is 2.56. The van der Waals surface area contributed by atoms with Crippen molar-refractivity contribution in [1.82, 2.24) is 14.8 Å². The molecule has 0 saturated carbocycles. The summed E-state index contributed by atoms with van der Waals surface area (Å²) in [5, 5.41) is 4.63. The van der Waals surface area contributed by atoms with Crippen molar-refractivity contribution < 1.29 is 9.53 Å². The molecule has 2 rings (SSSR count). The highest BCUT2D eigenvalue weighted by molar-refractivity contribution is 9.10. The lowest BCUT2D eigenvalue weighted by Crippen LogP contribution is -2.27. The first-order valence-corrected chi connectivity index (χ1v) is 6.10. The molecule has 0 spiro atoms. The van der Waals surface area contributed by atoms with Crippen molar-refractivity contribution in [1.29, 1.82) is 0 Å². The number of nitrogens with two attached hydrogens (primary N) is 1. The number of ether oxygens (including phenoxy) is 1. The van der Waals surface area contributed by atoms with Crippen LogP contribution in [-0.2, 0) is 4.74 Å². The first kappa shape index (κ1) is 12.8. The second-order valence-electron chi connectivity index (χ2n) is 4.80. The van der Waals surface area contributed by atoms with Gasteiger partial charge in [-0.2, -0.15) is 4.68 Å². The van der Waals surface area contributed by atoms with E-state index >= 15 is 0 Å². The number of aromatic nitrogens is 3. The van der Waals surface area contributed by atoms with E-state index < -0.39 is 11.7 Å². The first-order valence-electron chi connectivity index (χ1n) is 5.31. The molecule has 2 heterocycles. The number of nitrogens with zero attached hydrogens (tertiary/aromatic N) is 3. The highest BCUT2D eigenvalue weighted by Crippen LogP contribution is 2.23. The van der Waals surface area contributed by atoms with E-state index in [1.807, 2.05) is 0 Å². The number of anilines is 1. The zero-order valence-corrected chi connectivity index (χ0v) is 11.9. The standard InChI is InChI=1S/C11H13BrN4O2/c1-11(2,3)18-10(17)16-7-5-14-8(12)4-6(7)9(13)15-16/h4-5H,1-3H3,(H2,13,15). The maximum atomic E-state index is 12.0. The predicted octanol–water partition coefficient (Wildman–Crippen LogP) is 2.56. The van der Waals surface area contributed by atoms with Crippen molar-refractivity contribution in [3.8, 4) is 0 Å². The highest BCUT2D eigenvalue weighted by atomic mass is 79.9. The molecular weight excluding hydrogens is 300 g/mol. The van der Waals surface area contributed by atoms with Crippen LogP contribution in [0, 0.1) is 0 Å². The molecule has 0 unspecified atom stereocenters. The maximum Gasteiger partial charge on any atom is 0.435 e. The number of nitrogen functional groups attached to an aromatic ring is 1. The lowest BCUT2D eigenvalue weighted by atomic mass is 10.2. The number of rotatable bonds is 0. The monoisotopic (exact) mass is 312 g/mol. The summed E-state index contributed by atoms with van der Waals surface area (Å²) in [6, 6.07) is 1.71. The normalized spacial score (nSPS) is 11.8. The molecule has 18 heavy (non-hydrogen) atoms. The summed E-state index contributed by atoms with van der Waals surface area (Å²) >= 11 is 3.24. The van der Waals surface area contributed by atoms with Gasteiger partial charge in [-0.05, 0) is 42.8 Å². The number of hydrogen-bond donors (Lipinski definition) is 1. The van der Waals surface area contributed by atoms with Gasteiger partial charge in [-0.3, -0.25) is 0 Å². The van der Waals surface area contributed by atoms with Gasteiger partial charge >= 0.3 is 6.09 Å². The Balaban J connectivity index is 2.49. The molecule has 0 amide bonds. The van der Waals surface area contributed by atoms with E-state index in [9.17, 15) is 4.79 Å². The average molecular weight is 313 g/mol. The maximum absolute atomic E-state index is 12.0. The average Bonchev–Trinajstić information content (AvgIpc) is 2.54. The zero-order valence-electron chi connectivity index (χ0n) is 10.3. The number of fused-ring (bicyclic) bond motifs is 1. The number of halogens is 1. The topological polar surface area (TPSA) is 83.0 Å². The summed E-state index contributed by atoms with van der Waals surface area (Å²) in [6.07, 6.45) is 0.945. The summed E-state index contributed by atoms with van der Waals surface area (Å²) in [7, 11) is 0. The molecule has 2 N–H and O–H groups in total. The van der Waals surface area contributed by atoms with Crippen molar-refractivity contribution in [2.45, 2.75) is 26.4 Å². The van der Waals surface area contributed by atoms with Crippen molar-refractivity contribution in [2.75, 3.05) is 5.73 Å². The van der Waals surface area contributed by atoms with Crippen molar-refractivity contribution in [3.05, 3.63) is 16.9 Å². The molecule has 0 aliphatic rings. The predicted molar refractivity (Wildman–Crippen MR) is 71.3 cm³/mol. The summed E-state index contributed by atoms with van der Waals surface area (Å²) in [4.78, 5) is 16.0. The van der Waals surface area contributed by atoms with E-state index in [-0.39, 0.29) is 5.82 Å². The van der Waals surface area contributed by atoms with Crippen LogP contribution in [0.1, 0.15) is 20.8 Å². The fourth-order valence-electron chi connectivity index (χ4n) is 1.46. The Hall–Kier alpha value is -1.63. The molecule has 96 valence electrons. The second kappa shape index (κ2) is 4.24. The minimum Gasteiger partial charge on any atom is -0.442 e. The van der Waals surface area contributed by atoms with E-state index in [2.05, 4.69) is 26.0 Å². The van der Waals surface area contributed by atoms with Crippen molar-refractivity contribution >= 4 is 38.7 Å². The fraction of sp³-hybridized carbons (Fsp3) is 0.364. The third-order valence-electron chi connectivity index (χ3n) is 2.13. The number of carbonyl (C=O) groups excluding carboxylic acids is 1. The molecule has 0 bridgehead atoms. The molecule has 2 aromatic rings. The molecule has 6 nitrogen and oxygen atoms in total. The summed E-state index contributed by atoms with van der Waals surface area (Å²) in [5.41, 5.74) is 5.69. The molecule has 0 atom stereocenters. The van der Waals surface area contributed by atoms with E-state index in [1.54, 1.807) is 26.8 Å². The number of pyridine rings is 1. The van der Waals surface area contributed by atoms with Gasteiger partial charge < -0.3 is 10.5 Å². The van der Waals surface area contributed by atoms with Gasteiger partial charge in [-0.1, -0.05) is 0 Å². The second-order valence-corrected chi connectivity index (χ2v) is 5.61. The summed E-state index contributed by atoms with van der Waals surface area (Å²) < 4.78 is 6.99. The molecule has 0 fully saturated rings. The third kappa shape index (κ3) is 2.45. The minimum absolute atomic E-state index is 0.263. The summed E-state index contributed by atoms with van der Waals surface area (Å²) in [6.45, 7) is 5.36. The van der Waals surface area contributed by atoms with Crippen LogP contribution in [0.15, 0.2) is 16.9 Å². The number of carbonyl (C=O) groups is 1. The van der Waals surface area contributed by atoms with Gasteiger partial charge in [-0.15, -0.1) is 5.10 Å². The van der Waals surface area contributed by atoms with Crippen LogP contribution in [0.3, 0.4) is 0 Å². The Labute approximate surface area is 112 Å². The molecule has 0 saturated heterocycles. The molecular formula is C11H13BrN4O2. The van der Waals surface area contributed by atoms with Gasteiger partial charge in [0.1, 0.15) is 15.7 Å². The largest absolute Gasteiger partial charge is 0.442 e. The SMILES string of the molecule is CC(C)(C)OC(=O)n1nc(N)c2cc(Br)ncc21. The Morgan fingerprint density at radius 3 is 2.78 bits per heavy atom. The van der Waals surface area contributed by atoms with E-state index in [1.165, 1.54) is 6.20 Å². The Kier molecular flexibility index (Phi) is 3.02. The molecule has 0 aliphatic carbocycles. The Morgan fingerprint density at radius 2 is 2.17 bits per heavy atom. The molecule has 0 aliphatic heterocycles. The molecule has 0 aromatic carbocycles. The lowest BCUT2D eigenvalue weighted by molar-refractivity contribution is 0.0523. The fourth-order valence-corrected chi connectivity index (χ4v) is 1.79. The van der Waals surface area contributed by atoms with Crippen molar-refractivity contribution in [3.63, 3.8) is 0 Å². The Bertz CT molecular complexity index is 615. The van der Waals surface area contributed by atoms with Gasteiger partial charge in [0, 0.05) is 5.39 Å².